The highest BCUT2D eigenvalue weighted by atomic mass is 16.4. The Balaban J connectivity index is 3.06. The second-order valence-electron chi connectivity index (χ2n) is 5.16. The fraction of sp³-hybridized carbons (Fsp3) is 0.812. The lowest BCUT2D eigenvalue weighted by Gasteiger charge is -1.98. The Morgan fingerprint density at radius 1 is 0.789 bits per heavy atom. The zero-order chi connectivity index (χ0) is 14.2. The molecule has 0 heterocycles. The van der Waals surface area contributed by atoms with Crippen molar-refractivity contribution in [3.8, 4) is 0 Å². The number of nitrogens with two attached hydrogens (primary N) is 1. The van der Waals surface area contributed by atoms with Crippen LogP contribution in [0.25, 0.3) is 0 Å². The van der Waals surface area contributed by atoms with Gasteiger partial charge < -0.3 is 10.8 Å². The highest BCUT2D eigenvalue weighted by molar-refractivity contribution is 5.66. The Bertz CT molecular complexity index is 227. The molecular weight excluding hydrogens is 238 g/mol. The molecule has 0 fully saturated rings. The molecule has 0 aliphatic rings. The van der Waals surface area contributed by atoms with Gasteiger partial charge in [0, 0.05) is 6.42 Å². The predicted molar refractivity (Wildman–Crippen MR) is 81.2 cm³/mol. The normalized spacial score (nSPS) is 11.2. The van der Waals surface area contributed by atoms with Crippen LogP contribution in [0.3, 0.4) is 0 Å². The minimum absolute atomic E-state index is 0.323. The highest BCUT2D eigenvalue weighted by Gasteiger charge is 1.95. The summed E-state index contributed by atoms with van der Waals surface area (Å²) in [6.07, 6.45) is 17.8. The quantitative estimate of drug-likeness (QED) is 0.366. The van der Waals surface area contributed by atoms with E-state index in [0.29, 0.717) is 6.42 Å². The number of rotatable bonds is 14. The van der Waals surface area contributed by atoms with E-state index < -0.39 is 5.97 Å². The molecule has 3 N–H and O–H groups in total. The smallest absolute Gasteiger partial charge is 0.303 e. The molecule has 0 saturated carbocycles. The zero-order valence-electron chi connectivity index (χ0n) is 12.3. The molecule has 0 radical (unpaired) electrons. The third kappa shape index (κ3) is 17.2. The van der Waals surface area contributed by atoms with Crippen LogP contribution in [0.1, 0.15) is 77.0 Å². The van der Waals surface area contributed by atoms with Crippen molar-refractivity contribution >= 4 is 5.97 Å². The van der Waals surface area contributed by atoms with E-state index in [-0.39, 0.29) is 0 Å². The van der Waals surface area contributed by atoms with Gasteiger partial charge in [-0.25, -0.2) is 0 Å². The van der Waals surface area contributed by atoms with E-state index in [9.17, 15) is 4.79 Å². The second-order valence-corrected chi connectivity index (χ2v) is 5.16. The molecule has 0 aromatic rings. The topological polar surface area (TPSA) is 63.3 Å². The molecule has 0 aromatic carbocycles. The maximum Gasteiger partial charge on any atom is 0.303 e. The molecule has 19 heavy (non-hydrogen) atoms. The Labute approximate surface area is 118 Å². The highest BCUT2D eigenvalue weighted by Crippen LogP contribution is 2.08. The second kappa shape index (κ2) is 15.2. The van der Waals surface area contributed by atoms with E-state index in [1.807, 2.05) is 0 Å². The van der Waals surface area contributed by atoms with Gasteiger partial charge in [-0.3, -0.25) is 4.79 Å². The van der Waals surface area contributed by atoms with Crippen molar-refractivity contribution in [2.24, 2.45) is 5.73 Å². The molecule has 112 valence electrons. The molecule has 3 nitrogen and oxygen atoms in total. The number of carboxylic acid groups (broad SMARTS) is 1. The third-order valence-corrected chi connectivity index (χ3v) is 3.25. The Morgan fingerprint density at radius 3 is 1.79 bits per heavy atom. The first-order valence-corrected chi connectivity index (χ1v) is 7.84. The summed E-state index contributed by atoms with van der Waals surface area (Å²) < 4.78 is 0. The van der Waals surface area contributed by atoms with Crippen LogP contribution >= 0.6 is 0 Å². The van der Waals surface area contributed by atoms with Crippen LogP contribution in [-0.4, -0.2) is 17.6 Å². The molecule has 0 aliphatic carbocycles. The van der Waals surface area contributed by atoms with E-state index in [2.05, 4.69) is 12.2 Å². The summed E-state index contributed by atoms with van der Waals surface area (Å²) in [6.45, 7) is 0.822. The molecule has 0 amide bonds. The van der Waals surface area contributed by atoms with Gasteiger partial charge in [0.2, 0.25) is 0 Å². The molecule has 0 bridgehead atoms. The van der Waals surface area contributed by atoms with Gasteiger partial charge in [0.05, 0.1) is 0 Å². The van der Waals surface area contributed by atoms with E-state index >= 15 is 0 Å². The van der Waals surface area contributed by atoms with Crippen molar-refractivity contribution in [2.45, 2.75) is 77.0 Å². The monoisotopic (exact) mass is 269 g/mol. The number of carboxylic acids is 1. The number of hydrogen-bond donors (Lipinski definition) is 2. The lowest BCUT2D eigenvalue weighted by Crippen LogP contribution is -1.97. The van der Waals surface area contributed by atoms with Crippen LogP contribution in [0.4, 0.5) is 0 Å². The third-order valence-electron chi connectivity index (χ3n) is 3.25. The molecule has 0 aliphatic heterocycles. The summed E-state index contributed by atoms with van der Waals surface area (Å²) >= 11 is 0. The first-order valence-electron chi connectivity index (χ1n) is 7.84. The summed E-state index contributed by atoms with van der Waals surface area (Å²) in [5.74, 6) is -0.672. The van der Waals surface area contributed by atoms with Gasteiger partial charge in [-0.2, -0.15) is 0 Å². The number of hydrogen-bond acceptors (Lipinski definition) is 2. The van der Waals surface area contributed by atoms with E-state index in [4.69, 9.17) is 10.8 Å². The van der Waals surface area contributed by atoms with Crippen LogP contribution in [0, 0.1) is 0 Å². The fourth-order valence-corrected chi connectivity index (χ4v) is 2.06. The summed E-state index contributed by atoms with van der Waals surface area (Å²) in [6, 6.07) is 0. The molecule has 0 saturated heterocycles. The van der Waals surface area contributed by atoms with Crippen LogP contribution in [-0.2, 0) is 4.79 Å². The summed E-state index contributed by atoms with van der Waals surface area (Å²) in [4.78, 5) is 10.3. The first kappa shape index (κ1) is 18.2. The molecule has 0 spiro atoms. The van der Waals surface area contributed by atoms with Crippen LogP contribution in [0.15, 0.2) is 12.2 Å². The van der Waals surface area contributed by atoms with E-state index in [0.717, 1.165) is 25.8 Å². The number of unbranched alkanes of at least 4 members (excludes halogenated alkanes) is 9. The molecule has 0 unspecified atom stereocenters. The average Bonchev–Trinajstić information content (AvgIpc) is 2.39. The van der Waals surface area contributed by atoms with Crippen molar-refractivity contribution in [2.75, 3.05) is 6.54 Å². The molecule has 0 rings (SSSR count). The summed E-state index contributed by atoms with van der Waals surface area (Å²) in [5, 5.41) is 8.49. The number of carbonyl (C=O) groups is 1. The average molecular weight is 269 g/mol. The number of allylic oxidation sites excluding steroid dienone is 2. The van der Waals surface area contributed by atoms with Gasteiger partial charge in [0.15, 0.2) is 0 Å². The lowest BCUT2D eigenvalue weighted by atomic mass is 10.1. The van der Waals surface area contributed by atoms with Crippen LogP contribution < -0.4 is 5.73 Å². The van der Waals surface area contributed by atoms with Gasteiger partial charge in [-0.15, -0.1) is 0 Å². The van der Waals surface area contributed by atoms with Gasteiger partial charge in [-0.1, -0.05) is 44.3 Å². The van der Waals surface area contributed by atoms with E-state index in [1.165, 1.54) is 51.4 Å². The Morgan fingerprint density at radius 2 is 1.26 bits per heavy atom. The molecular formula is C16H31NO2. The van der Waals surface area contributed by atoms with Crippen molar-refractivity contribution in [3.05, 3.63) is 12.2 Å². The first-order chi connectivity index (χ1) is 9.27. The van der Waals surface area contributed by atoms with Crippen molar-refractivity contribution in [3.63, 3.8) is 0 Å². The van der Waals surface area contributed by atoms with Gasteiger partial charge >= 0.3 is 5.97 Å². The Kier molecular flexibility index (Phi) is 14.6. The van der Waals surface area contributed by atoms with Crippen LogP contribution in [0.2, 0.25) is 0 Å². The Hall–Kier alpha value is -0.830. The van der Waals surface area contributed by atoms with E-state index in [1.54, 1.807) is 0 Å². The van der Waals surface area contributed by atoms with Crippen LogP contribution in [0.5, 0.6) is 0 Å². The zero-order valence-corrected chi connectivity index (χ0v) is 12.3. The lowest BCUT2D eigenvalue weighted by molar-refractivity contribution is -0.137. The SMILES string of the molecule is NCCCCCC/C=C/CCCCCCCC(=O)O. The number of aliphatic carboxylic acids is 1. The van der Waals surface area contributed by atoms with Crippen molar-refractivity contribution < 1.29 is 9.90 Å². The standard InChI is InChI=1S/C16H31NO2/c17-15-13-11-9-7-5-3-1-2-4-6-8-10-12-14-16(18)19/h1,3H,2,4-15,17H2,(H,18,19)/b3-1+. The van der Waals surface area contributed by atoms with Crippen molar-refractivity contribution in [1.29, 1.82) is 0 Å². The predicted octanol–water partition coefficient (Wildman–Crippen LogP) is 4.27. The maximum atomic E-state index is 10.3. The minimum atomic E-state index is -0.672. The largest absolute Gasteiger partial charge is 0.481 e. The summed E-state index contributed by atoms with van der Waals surface area (Å²) in [5.41, 5.74) is 5.44. The van der Waals surface area contributed by atoms with Crippen molar-refractivity contribution in [1.82, 2.24) is 0 Å². The molecule has 0 aromatic heterocycles. The van der Waals surface area contributed by atoms with Gasteiger partial charge in [-0.05, 0) is 45.1 Å². The molecule has 0 atom stereocenters. The molecule has 3 heteroatoms. The van der Waals surface area contributed by atoms with Gasteiger partial charge in [0.1, 0.15) is 0 Å². The fourth-order valence-electron chi connectivity index (χ4n) is 2.06. The minimum Gasteiger partial charge on any atom is -0.481 e. The maximum absolute atomic E-state index is 10.3. The van der Waals surface area contributed by atoms with Gasteiger partial charge in [0.25, 0.3) is 0 Å². The summed E-state index contributed by atoms with van der Waals surface area (Å²) in [7, 11) is 0.